The zero-order valence-corrected chi connectivity index (χ0v) is 13.2. The van der Waals surface area contributed by atoms with Crippen LogP contribution in [0, 0.1) is 5.92 Å². The molecule has 122 valence electrons. The van der Waals surface area contributed by atoms with E-state index in [-0.39, 0.29) is 18.5 Å². The second-order valence-electron chi connectivity index (χ2n) is 5.93. The zero-order chi connectivity index (χ0) is 15.8. The molecular formula is C17H26N2O3. The van der Waals surface area contributed by atoms with Gasteiger partial charge in [-0.3, -0.25) is 9.69 Å². The summed E-state index contributed by atoms with van der Waals surface area (Å²) in [7, 11) is 1.43. The molecule has 5 heteroatoms. The molecule has 5 nitrogen and oxygen atoms in total. The van der Waals surface area contributed by atoms with Gasteiger partial charge in [0.15, 0.2) is 0 Å². The fraction of sp³-hybridized carbons (Fsp3) is 0.588. The highest BCUT2D eigenvalue weighted by Gasteiger charge is 2.28. The van der Waals surface area contributed by atoms with Crippen molar-refractivity contribution in [3.8, 4) is 0 Å². The van der Waals surface area contributed by atoms with Crippen molar-refractivity contribution in [3.63, 3.8) is 0 Å². The number of likely N-dealkylation sites (tertiary alicyclic amines) is 1. The molecule has 1 aromatic carbocycles. The molecule has 0 aromatic heterocycles. The first-order valence-corrected chi connectivity index (χ1v) is 7.88. The number of hydrogen-bond acceptors (Lipinski definition) is 5. The van der Waals surface area contributed by atoms with Crippen molar-refractivity contribution in [1.82, 2.24) is 10.2 Å². The molecule has 1 aliphatic heterocycles. The molecule has 0 amide bonds. The standard InChI is InChI=1S/C17H26N2O3/c1-22-17(21)10-15-9-16(13-19(12-15)7-8-20)18-11-14-5-3-2-4-6-14/h2-6,15-16,18,20H,7-13H2,1H3. The van der Waals surface area contributed by atoms with Crippen molar-refractivity contribution < 1.29 is 14.6 Å². The van der Waals surface area contributed by atoms with Crippen molar-refractivity contribution in [3.05, 3.63) is 35.9 Å². The van der Waals surface area contributed by atoms with Crippen LogP contribution in [0.4, 0.5) is 0 Å². The summed E-state index contributed by atoms with van der Waals surface area (Å²) < 4.78 is 4.79. The monoisotopic (exact) mass is 306 g/mol. The highest BCUT2D eigenvalue weighted by molar-refractivity contribution is 5.69. The number of methoxy groups -OCH3 is 1. The van der Waals surface area contributed by atoms with Gasteiger partial charge in [0.25, 0.3) is 0 Å². The fourth-order valence-electron chi connectivity index (χ4n) is 3.10. The number of aliphatic hydroxyl groups excluding tert-OH is 1. The third-order valence-electron chi connectivity index (χ3n) is 4.15. The molecule has 0 radical (unpaired) electrons. The van der Waals surface area contributed by atoms with Crippen molar-refractivity contribution in [1.29, 1.82) is 0 Å². The van der Waals surface area contributed by atoms with Gasteiger partial charge in [-0.1, -0.05) is 30.3 Å². The molecule has 2 unspecified atom stereocenters. The van der Waals surface area contributed by atoms with E-state index in [1.165, 1.54) is 12.7 Å². The van der Waals surface area contributed by atoms with E-state index in [2.05, 4.69) is 22.3 Å². The molecule has 1 saturated heterocycles. The van der Waals surface area contributed by atoms with Crippen LogP contribution in [0.25, 0.3) is 0 Å². The summed E-state index contributed by atoms with van der Waals surface area (Å²) in [5.41, 5.74) is 1.26. The molecule has 22 heavy (non-hydrogen) atoms. The van der Waals surface area contributed by atoms with E-state index in [4.69, 9.17) is 4.74 Å². The number of β-amino-alcohol motifs (C(OH)–C–C–N with tert-alkyl or cyclic N) is 1. The Kier molecular flexibility index (Phi) is 6.83. The number of esters is 1. The number of carbonyl (C=O) groups excluding carboxylic acids is 1. The number of nitrogens with zero attached hydrogens (tertiary/aromatic N) is 1. The first kappa shape index (κ1) is 16.9. The molecular weight excluding hydrogens is 280 g/mol. The normalized spacial score (nSPS) is 22.5. The molecule has 0 aliphatic carbocycles. The van der Waals surface area contributed by atoms with Crippen LogP contribution < -0.4 is 5.32 Å². The third kappa shape index (κ3) is 5.40. The number of aliphatic hydroxyl groups is 1. The Labute approximate surface area is 132 Å². The predicted molar refractivity (Wildman–Crippen MR) is 85.3 cm³/mol. The quantitative estimate of drug-likeness (QED) is 0.737. The Bertz CT molecular complexity index is 452. The van der Waals surface area contributed by atoms with Crippen LogP contribution in [0.15, 0.2) is 30.3 Å². The number of hydrogen-bond donors (Lipinski definition) is 2. The van der Waals surface area contributed by atoms with Crippen molar-refractivity contribution in [2.45, 2.75) is 25.4 Å². The van der Waals surface area contributed by atoms with Crippen molar-refractivity contribution >= 4 is 5.97 Å². The van der Waals surface area contributed by atoms with E-state index in [9.17, 15) is 9.90 Å². The predicted octanol–water partition coefficient (Wildman–Crippen LogP) is 1.02. The first-order chi connectivity index (χ1) is 10.7. The molecule has 0 saturated carbocycles. The van der Waals surface area contributed by atoms with Gasteiger partial charge in [-0.2, -0.15) is 0 Å². The smallest absolute Gasteiger partial charge is 0.305 e. The van der Waals surface area contributed by atoms with Crippen LogP contribution >= 0.6 is 0 Å². The first-order valence-electron chi connectivity index (χ1n) is 7.88. The van der Waals surface area contributed by atoms with Crippen LogP contribution in [-0.2, 0) is 16.1 Å². The molecule has 1 fully saturated rings. The Morgan fingerprint density at radius 3 is 2.82 bits per heavy atom. The van der Waals surface area contributed by atoms with Crippen molar-refractivity contribution in [2.75, 3.05) is 33.4 Å². The minimum absolute atomic E-state index is 0.149. The lowest BCUT2D eigenvalue weighted by atomic mass is 9.91. The Balaban J connectivity index is 1.89. The number of ether oxygens (including phenoxy) is 1. The number of carbonyl (C=O) groups is 1. The van der Waals surface area contributed by atoms with Gasteiger partial charge in [0, 0.05) is 38.6 Å². The van der Waals surface area contributed by atoms with Gasteiger partial charge in [0.1, 0.15) is 0 Å². The second kappa shape index (κ2) is 8.88. The highest BCUT2D eigenvalue weighted by Crippen LogP contribution is 2.20. The number of nitrogens with one attached hydrogen (secondary N) is 1. The van der Waals surface area contributed by atoms with E-state index < -0.39 is 0 Å². The van der Waals surface area contributed by atoms with Crippen LogP contribution in [0.3, 0.4) is 0 Å². The molecule has 0 bridgehead atoms. The van der Waals surface area contributed by atoms with E-state index in [1.807, 2.05) is 18.2 Å². The lowest BCUT2D eigenvalue weighted by molar-refractivity contribution is -0.142. The van der Waals surface area contributed by atoms with E-state index in [0.717, 1.165) is 26.1 Å². The summed E-state index contributed by atoms with van der Waals surface area (Å²) >= 11 is 0. The van der Waals surface area contributed by atoms with Gasteiger partial charge in [-0.05, 0) is 17.9 Å². The van der Waals surface area contributed by atoms with E-state index in [1.54, 1.807) is 0 Å². The Morgan fingerprint density at radius 1 is 1.36 bits per heavy atom. The fourth-order valence-corrected chi connectivity index (χ4v) is 3.10. The lowest BCUT2D eigenvalue weighted by Gasteiger charge is -2.37. The number of rotatable bonds is 7. The molecule has 1 aliphatic rings. The van der Waals surface area contributed by atoms with Crippen molar-refractivity contribution in [2.24, 2.45) is 5.92 Å². The minimum atomic E-state index is -0.155. The van der Waals surface area contributed by atoms with Crippen LogP contribution in [0.2, 0.25) is 0 Å². The van der Waals surface area contributed by atoms with Crippen LogP contribution in [0.5, 0.6) is 0 Å². The average molecular weight is 306 g/mol. The zero-order valence-electron chi connectivity index (χ0n) is 13.2. The Morgan fingerprint density at radius 2 is 2.14 bits per heavy atom. The lowest BCUT2D eigenvalue weighted by Crippen LogP contribution is -2.50. The topological polar surface area (TPSA) is 61.8 Å². The van der Waals surface area contributed by atoms with E-state index >= 15 is 0 Å². The van der Waals surface area contributed by atoms with Gasteiger partial charge in [0.05, 0.1) is 13.7 Å². The molecule has 2 atom stereocenters. The third-order valence-corrected chi connectivity index (χ3v) is 4.15. The molecule has 2 rings (SSSR count). The van der Waals surface area contributed by atoms with E-state index in [0.29, 0.717) is 19.0 Å². The summed E-state index contributed by atoms with van der Waals surface area (Å²) in [5.74, 6) is 0.124. The maximum Gasteiger partial charge on any atom is 0.305 e. The minimum Gasteiger partial charge on any atom is -0.469 e. The molecule has 1 heterocycles. The number of piperidine rings is 1. The van der Waals surface area contributed by atoms with Gasteiger partial charge in [-0.15, -0.1) is 0 Å². The molecule has 1 aromatic rings. The van der Waals surface area contributed by atoms with Crippen LogP contribution in [-0.4, -0.2) is 55.4 Å². The van der Waals surface area contributed by atoms with Gasteiger partial charge < -0.3 is 15.2 Å². The van der Waals surface area contributed by atoms with Gasteiger partial charge in [-0.25, -0.2) is 0 Å². The summed E-state index contributed by atoms with van der Waals surface area (Å²) in [6, 6.07) is 10.6. The highest BCUT2D eigenvalue weighted by atomic mass is 16.5. The average Bonchev–Trinajstić information content (AvgIpc) is 2.54. The van der Waals surface area contributed by atoms with Gasteiger partial charge in [0.2, 0.25) is 0 Å². The van der Waals surface area contributed by atoms with Crippen LogP contribution in [0.1, 0.15) is 18.4 Å². The summed E-state index contributed by atoms with van der Waals surface area (Å²) in [4.78, 5) is 13.7. The number of benzene rings is 1. The summed E-state index contributed by atoms with van der Waals surface area (Å²) in [6.07, 6.45) is 1.41. The molecule has 0 spiro atoms. The Hall–Kier alpha value is -1.43. The maximum absolute atomic E-state index is 11.5. The summed E-state index contributed by atoms with van der Waals surface area (Å²) in [6.45, 7) is 3.38. The molecule has 2 N–H and O–H groups in total. The maximum atomic E-state index is 11.5. The van der Waals surface area contributed by atoms with Gasteiger partial charge >= 0.3 is 5.97 Å². The largest absolute Gasteiger partial charge is 0.469 e. The summed E-state index contributed by atoms with van der Waals surface area (Å²) in [5, 5.41) is 12.7. The second-order valence-corrected chi connectivity index (χ2v) is 5.93. The SMILES string of the molecule is COC(=O)CC1CC(NCc2ccccc2)CN(CCO)C1.